The summed E-state index contributed by atoms with van der Waals surface area (Å²) in [5.41, 5.74) is 3.14. The standard InChI is InChI=1S/C18H14ClN5O2S/c19-13-3-5-14(6-4-13)24-18(21-22-23-24)27-10-16(25)12-1-7-15-11(9-12)2-8-17(26)20-15/h1,3-7,9H,2,8,10H2,(H,20,26). The number of aromatic nitrogens is 4. The second-order valence-electron chi connectivity index (χ2n) is 5.98. The first kappa shape index (κ1) is 17.7. The molecule has 0 saturated heterocycles. The van der Waals surface area contributed by atoms with Crippen LogP contribution < -0.4 is 5.32 Å². The van der Waals surface area contributed by atoms with Crippen LogP contribution in [0.15, 0.2) is 47.6 Å². The maximum Gasteiger partial charge on any atom is 0.224 e. The zero-order chi connectivity index (χ0) is 18.8. The van der Waals surface area contributed by atoms with E-state index in [0.29, 0.717) is 28.6 Å². The Labute approximate surface area is 164 Å². The maximum atomic E-state index is 12.6. The Hall–Kier alpha value is -2.71. The van der Waals surface area contributed by atoms with Crippen LogP contribution in [0, 0.1) is 0 Å². The fraction of sp³-hybridized carbons (Fsp3) is 0.167. The summed E-state index contributed by atoms with van der Waals surface area (Å²) < 4.78 is 1.57. The zero-order valence-electron chi connectivity index (χ0n) is 14.1. The third-order valence-electron chi connectivity index (χ3n) is 4.17. The average Bonchev–Trinajstić information content (AvgIpc) is 3.15. The fourth-order valence-electron chi connectivity index (χ4n) is 2.78. The van der Waals surface area contributed by atoms with Crippen LogP contribution in [0.2, 0.25) is 5.02 Å². The van der Waals surface area contributed by atoms with Gasteiger partial charge in [-0.05, 0) is 64.9 Å². The summed E-state index contributed by atoms with van der Waals surface area (Å²) in [5, 5.41) is 15.6. The van der Waals surface area contributed by atoms with Crippen molar-refractivity contribution in [1.82, 2.24) is 20.2 Å². The number of Topliss-reactive ketones (excluding diaryl/α,β-unsaturated/α-hetero) is 1. The van der Waals surface area contributed by atoms with Gasteiger partial charge in [-0.15, -0.1) is 5.10 Å². The van der Waals surface area contributed by atoms with E-state index in [4.69, 9.17) is 11.6 Å². The highest BCUT2D eigenvalue weighted by Crippen LogP contribution is 2.25. The lowest BCUT2D eigenvalue weighted by Crippen LogP contribution is -2.19. The number of fused-ring (bicyclic) bond motifs is 1. The van der Waals surface area contributed by atoms with Gasteiger partial charge < -0.3 is 5.32 Å². The number of aryl methyl sites for hydroxylation is 1. The van der Waals surface area contributed by atoms with Crippen molar-refractivity contribution >= 4 is 40.7 Å². The Kier molecular flexibility index (Phi) is 4.91. The van der Waals surface area contributed by atoms with Crippen LogP contribution in [-0.4, -0.2) is 37.7 Å². The van der Waals surface area contributed by atoms with E-state index in [0.717, 1.165) is 16.9 Å². The largest absolute Gasteiger partial charge is 0.326 e. The van der Waals surface area contributed by atoms with E-state index in [9.17, 15) is 9.59 Å². The molecule has 2 heterocycles. The molecule has 2 aromatic carbocycles. The molecule has 1 amide bonds. The van der Waals surface area contributed by atoms with Crippen molar-refractivity contribution in [2.45, 2.75) is 18.0 Å². The quantitative estimate of drug-likeness (QED) is 0.523. The molecule has 0 saturated carbocycles. The molecule has 0 radical (unpaired) electrons. The average molecular weight is 400 g/mol. The molecule has 1 aromatic heterocycles. The minimum absolute atomic E-state index is 0.00571. The van der Waals surface area contributed by atoms with E-state index >= 15 is 0 Å². The highest BCUT2D eigenvalue weighted by atomic mass is 35.5. The second-order valence-corrected chi connectivity index (χ2v) is 7.36. The lowest BCUT2D eigenvalue weighted by molar-refractivity contribution is -0.116. The molecule has 0 atom stereocenters. The number of nitrogens with zero attached hydrogens (tertiary/aromatic N) is 4. The molecule has 3 aromatic rings. The van der Waals surface area contributed by atoms with Gasteiger partial charge in [-0.25, -0.2) is 0 Å². The molecule has 0 spiro atoms. The third kappa shape index (κ3) is 3.86. The van der Waals surface area contributed by atoms with Crippen LogP contribution in [0.1, 0.15) is 22.3 Å². The molecule has 1 N–H and O–H groups in total. The van der Waals surface area contributed by atoms with E-state index in [1.54, 1.807) is 28.9 Å². The van der Waals surface area contributed by atoms with Gasteiger partial charge in [0.05, 0.1) is 11.4 Å². The van der Waals surface area contributed by atoms with E-state index in [1.165, 1.54) is 11.8 Å². The normalized spacial score (nSPS) is 13.1. The number of carbonyl (C=O) groups excluding carboxylic acids is 2. The van der Waals surface area contributed by atoms with Gasteiger partial charge in [0.15, 0.2) is 5.78 Å². The van der Waals surface area contributed by atoms with Gasteiger partial charge >= 0.3 is 0 Å². The highest BCUT2D eigenvalue weighted by Gasteiger charge is 2.18. The second kappa shape index (κ2) is 7.50. The number of nitrogens with one attached hydrogen (secondary N) is 1. The number of carbonyl (C=O) groups is 2. The summed E-state index contributed by atoms with van der Waals surface area (Å²) in [6.45, 7) is 0. The van der Waals surface area contributed by atoms with E-state index in [2.05, 4.69) is 20.8 Å². The van der Waals surface area contributed by atoms with Crippen molar-refractivity contribution in [3.8, 4) is 5.69 Å². The number of ketones is 1. The number of halogens is 1. The predicted molar refractivity (Wildman–Crippen MR) is 103 cm³/mol. The molecule has 1 aliphatic heterocycles. The number of thioether (sulfide) groups is 1. The van der Waals surface area contributed by atoms with Gasteiger partial charge in [-0.2, -0.15) is 4.68 Å². The molecule has 27 heavy (non-hydrogen) atoms. The first-order chi connectivity index (χ1) is 13.1. The predicted octanol–water partition coefficient (Wildman–Crippen LogP) is 3.18. The Morgan fingerprint density at radius 3 is 2.81 bits per heavy atom. The fourth-order valence-corrected chi connectivity index (χ4v) is 3.69. The van der Waals surface area contributed by atoms with Crippen molar-refractivity contribution in [1.29, 1.82) is 0 Å². The molecule has 9 heteroatoms. The van der Waals surface area contributed by atoms with Crippen molar-refractivity contribution < 1.29 is 9.59 Å². The SMILES string of the molecule is O=C1CCc2cc(C(=O)CSc3nnnn3-c3ccc(Cl)cc3)ccc2N1. The van der Waals surface area contributed by atoms with Crippen molar-refractivity contribution in [2.24, 2.45) is 0 Å². The van der Waals surface area contributed by atoms with Crippen LogP contribution in [0.25, 0.3) is 5.69 Å². The number of benzene rings is 2. The lowest BCUT2D eigenvalue weighted by Gasteiger charge is -2.17. The summed E-state index contributed by atoms with van der Waals surface area (Å²) in [6.07, 6.45) is 1.08. The number of hydrogen-bond acceptors (Lipinski definition) is 6. The summed E-state index contributed by atoms with van der Waals surface area (Å²) >= 11 is 7.18. The first-order valence-electron chi connectivity index (χ1n) is 8.23. The van der Waals surface area contributed by atoms with Crippen molar-refractivity contribution in [3.05, 3.63) is 58.6 Å². The van der Waals surface area contributed by atoms with Crippen molar-refractivity contribution in [3.63, 3.8) is 0 Å². The van der Waals surface area contributed by atoms with Crippen LogP contribution >= 0.6 is 23.4 Å². The number of tetrazole rings is 1. The van der Waals surface area contributed by atoms with Crippen LogP contribution in [0.5, 0.6) is 0 Å². The maximum absolute atomic E-state index is 12.6. The van der Waals surface area contributed by atoms with Gasteiger partial charge in [-0.3, -0.25) is 9.59 Å². The third-order valence-corrected chi connectivity index (χ3v) is 5.34. The molecule has 7 nitrogen and oxygen atoms in total. The summed E-state index contributed by atoms with van der Waals surface area (Å²) in [7, 11) is 0. The smallest absolute Gasteiger partial charge is 0.224 e. The van der Waals surface area contributed by atoms with E-state index in [1.807, 2.05) is 18.2 Å². The summed E-state index contributed by atoms with van der Waals surface area (Å²) in [6, 6.07) is 12.5. The van der Waals surface area contributed by atoms with E-state index in [-0.39, 0.29) is 17.4 Å². The molecule has 0 unspecified atom stereocenters. The number of anilines is 1. The zero-order valence-corrected chi connectivity index (χ0v) is 15.6. The molecule has 0 aliphatic carbocycles. The van der Waals surface area contributed by atoms with Crippen LogP contribution in [-0.2, 0) is 11.2 Å². The molecular weight excluding hydrogens is 386 g/mol. The molecule has 4 rings (SSSR count). The van der Waals surface area contributed by atoms with Gasteiger partial charge in [0.2, 0.25) is 11.1 Å². The Balaban J connectivity index is 1.47. The minimum Gasteiger partial charge on any atom is -0.326 e. The monoisotopic (exact) mass is 399 g/mol. The number of amides is 1. The van der Waals surface area contributed by atoms with Crippen molar-refractivity contribution in [2.75, 3.05) is 11.1 Å². The van der Waals surface area contributed by atoms with Gasteiger partial charge in [0.1, 0.15) is 0 Å². The Morgan fingerprint density at radius 1 is 1.19 bits per heavy atom. The van der Waals surface area contributed by atoms with Crippen LogP contribution in [0.3, 0.4) is 0 Å². The van der Waals surface area contributed by atoms with E-state index < -0.39 is 0 Å². The molecular formula is C18H14ClN5O2S. The van der Waals surface area contributed by atoms with Gasteiger partial charge in [-0.1, -0.05) is 23.4 Å². The summed E-state index contributed by atoms with van der Waals surface area (Å²) in [4.78, 5) is 24.0. The minimum atomic E-state index is -0.0228. The van der Waals surface area contributed by atoms with Gasteiger partial charge in [0.25, 0.3) is 0 Å². The van der Waals surface area contributed by atoms with Crippen LogP contribution in [0.4, 0.5) is 5.69 Å². The Morgan fingerprint density at radius 2 is 2.00 bits per heavy atom. The lowest BCUT2D eigenvalue weighted by atomic mass is 9.99. The molecule has 0 bridgehead atoms. The molecule has 136 valence electrons. The number of hydrogen-bond donors (Lipinski definition) is 1. The molecule has 0 fully saturated rings. The van der Waals surface area contributed by atoms with Gasteiger partial charge in [0, 0.05) is 22.7 Å². The highest BCUT2D eigenvalue weighted by molar-refractivity contribution is 7.99. The molecule has 1 aliphatic rings. The summed E-state index contributed by atoms with van der Waals surface area (Å²) in [5.74, 6) is 0.190. The Bertz CT molecular complexity index is 1020. The first-order valence-corrected chi connectivity index (χ1v) is 9.59. The topological polar surface area (TPSA) is 89.8 Å². The number of rotatable bonds is 5.